The molecule has 7 heteroatoms. The zero-order valence-electron chi connectivity index (χ0n) is 17.5. The summed E-state index contributed by atoms with van der Waals surface area (Å²) in [7, 11) is 1.72. The molecule has 0 bridgehead atoms. The van der Waals surface area contributed by atoms with E-state index in [9.17, 15) is 14.0 Å². The maximum Gasteiger partial charge on any atom is 0.319 e. The van der Waals surface area contributed by atoms with Gasteiger partial charge >= 0.3 is 6.03 Å². The molecule has 156 valence electrons. The van der Waals surface area contributed by atoms with Crippen molar-refractivity contribution in [1.82, 2.24) is 10.2 Å². The monoisotopic (exact) mass is 400 g/mol. The molecule has 0 spiro atoms. The summed E-state index contributed by atoms with van der Waals surface area (Å²) in [5.74, 6) is -0.323. The fraction of sp³-hybridized carbons (Fsp3) is 0.364. The minimum absolute atomic E-state index is 0.0275. The molecule has 0 aliphatic carbocycles. The van der Waals surface area contributed by atoms with Crippen LogP contribution in [0.4, 0.5) is 20.6 Å². The first-order valence-corrected chi connectivity index (χ1v) is 9.72. The third-order valence-corrected chi connectivity index (χ3v) is 4.71. The van der Waals surface area contributed by atoms with Gasteiger partial charge in [0.15, 0.2) is 0 Å². The number of urea groups is 1. The van der Waals surface area contributed by atoms with Crippen molar-refractivity contribution in [2.45, 2.75) is 33.9 Å². The van der Waals surface area contributed by atoms with Crippen molar-refractivity contribution in [3.63, 3.8) is 0 Å². The molecule has 0 heterocycles. The number of hydrogen-bond acceptors (Lipinski definition) is 3. The molecule has 2 rings (SSSR count). The Morgan fingerprint density at radius 1 is 1.03 bits per heavy atom. The van der Waals surface area contributed by atoms with Crippen LogP contribution in [-0.2, 0) is 17.9 Å². The summed E-state index contributed by atoms with van der Waals surface area (Å²) >= 11 is 0. The number of halogens is 1. The molecule has 2 aromatic carbocycles. The second kappa shape index (κ2) is 10.5. The van der Waals surface area contributed by atoms with Crippen molar-refractivity contribution in [2.75, 3.05) is 30.4 Å². The molecular weight excluding hydrogens is 371 g/mol. The highest BCUT2D eigenvalue weighted by Gasteiger charge is 2.10. The smallest absolute Gasteiger partial charge is 0.319 e. The minimum Gasteiger partial charge on any atom is -0.370 e. The van der Waals surface area contributed by atoms with Gasteiger partial charge in [-0.1, -0.05) is 18.2 Å². The van der Waals surface area contributed by atoms with Crippen LogP contribution in [0, 0.1) is 5.82 Å². The number of amides is 3. The molecule has 0 fully saturated rings. The van der Waals surface area contributed by atoms with E-state index in [1.807, 2.05) is 43.0 Å². The lowest BCUT2D eigenvalue weighted by Crippen LogP contribution is -2.28. The Bertz CT molecular complexity index is 852. The number of nitrogens with one attached hydrogen (secondary N) is 2. The van der Waals surface area contributed by atoms with Crippen molar-refractivity contribution in [2.24, 2.45) is 0 Å². The molecule has 0 saturated heterocycles. The van der Waals surface area contributed by atoms with Gasteiger partial charge in [-0.2, -0.15) is 0 Å². The number of anilines is 2. The van der Waals surface area contributed by atoms with Crippen molar-refractivity contribution in [3.8, 4) is 0 Å². The predicted molar refractivity (Wildman–Crippen MR) is 114 cm³/mol. The number of hydrogen-bond donors (Lipinski definition) is 2. The predicted octanol–water partition coefficient (Wildman–Crippen LogP) is 3.97. The Labute approximate surface area is 171 Å². The van der Waals surface area contributed by atoms with E-state index in [2.05, 4.69) is 10.6 Å². The average molecular weight is 400 g/mol. The molecule has 2 aromatic rings. The molecule has 0 atom stereocenters. The van der Waals surface area contributed by atoms with E-state index < -0.39 is 0 Å². The van der Waals surface area contributed by atoms with Crippen LogP contribution in [0.3, 0.4) is 0 Å². The van der Waals surface area contributed by atoms with Crippen molar-refractivity contribution < 1.29 is 14.0 Å². The molecule has 3 amide bonds. The number of benzene rings is 2. The first-order chi connectivity index (χ1) is 13.8. The summed E-state index contributed by atoms with van der Waals surface area (Å²) in [5, 5.41) is 5.50. The van der Waals surface area contributed by atoms with E-state index in [1.54, 1.807) is 24.1 Å². The number of carbonyl (C=O) groups excluding carboxylic acids is 2. The Balaban J connectivity index is 1.93. The quantitative estimate of drug-likeness (QED) is 0.705. The third-order valence-electron chi connectivity index (χ3n) is 4.71. The molecule has 29 heavy (non-hydrogen) atoms. The first kappa shape index (κ1) is 22.2. The summed E-state index contributed by atoms with van der Waals surface area (Å²) < 4.78 is 14.4. The normalized spacial score (nSPS) is 10.4. The van der Waals surface area contributed by atoms with Crippen LogP contribution in [0.1, 0.15) is 31.9 Å². The summed E-state index contributed by atoms with van der Waals surface area (Å²) in [4.78, 5) is 27.1. The Morgan fingerprint density at radius 3 is 2.38 bits per heavy atom. The van der Waals surface area contributed by atoms with Gasteiger partial charge in [-0.3, -0.25) is 4.79 Å². The third kappa shape index (κ3) is 6.48. The van der Waals surface area contributed by atoms with Gasteiger partial charge in [0.25, 0.3) is 0 Å². The van der Waals surface area contributed by atoms with Crippen LogP contribution in [0.25, 0.3) is 0 Å². The van der Waals surface area contributed by atoms with Crippen LogP contribution in [-0.4, -0.2) is 37.0 Å². The lowest BCUT2D eigenvalue weighted by Gasteiger charge is -2.22. The van der Waals surface area contributed by atoms with Crippen molar-refractivity contribution >= 4 is 23.3 Å². The highest BCUT2D eigenvalue weighted by Crippen LogP contribution is 2.20. The van der Waals surface area contributed by atoms with Crippen LogP contribution in [0.5, 0.6) is 0 Å². The zero-order chi connectivity index (χ0) is 21.4. The van der Waals surface area contributed by atoms with Gasteiger partial charge in [-0.25, -0.2) is 9.18 Å². The van der Waals surface area contributed by atoms with Gasteiger partial charge in [0.2, 0.25) is 5.91 Å². The molecule has 0 aromatic heterocycles. The number of nitrogens with zero attached hydrogens (tertiary/aromatic N) is 2. The maximum atomic E-state index is 14.4. The maximum absolute atomic E-state index is 14.4. The van der Waals surface area contributed by atoms with Gasteiger partial charge in [0.1, 0.15) is 5.82 Å². The summed E-state index contributed by atoms with van der Waals surface area (Å²) in [6.07, 6.45) is 0. The molecule has 0 radical (unpaired) electrons. The van der Waals surface area contributed by atoms with E-state index in [4.69, 9.17) is 0 Å². The average Bonchev–Trinajstić information content (AvgIpc) is 2.69. The highest BCUT2D eigenvalue weighted by atomic mass is 19.1. The summed E-state index contributed by atoms with van der Waals surface area (Å²) in [5.41, 5.74) is 2.79. The van der Waals surface area contributed by atoms with E-state index >= 15 is 0 Å². The van der Waals surface area contributed by atoms with Crippen molar-refractivity contribution in [1.29, 1.82) is 0 Å². The van der Waals surface area contributed by atoms with E-state index in [0.717, 1.165) is 18.7 Å². The van der Waals surface area contributed by atoms with Gasteiger partial charge in [-0.05, 0) is 49.2 Å². The number of carbonyl (C=O) groups is 2. The standard InChI is InChI=1S/C22H29FN4O2/c1-5-27(6-2)21-11-10-17(13-20(21)23)14-24-22(29)25-19-9-7-8-18(12-19)15-26(4)16(3)28/h7-13H,5-6,14-15H2,1-4H3,(H2,24,25,29). The van der Waals surface area contributed by atoms with Crippen molar-refractivity contribution in [3.05, 3.63) is 59.4 Å². The highest BCUT2D eigenvalue weighted by molar-refractivity contribution is 5.89. The summed E-state index contributed by atoms with van der Waals surface area (Å²) in [6.45, 7) is 7.61. The fourth-order valence-corrected chi connectivity index (χ4v) is 2.97. The van der Waals surface area contributed by atoms with E-state index in [0.29, 0.717) is 23.5 Å². The van der Waals surface area contributed by atoms with Crippen LogP contribution in [0.15, 0.2) is 42.5 Å². The SMILES string of the molecule is CCN(CC)c1ccc(CNC(=O)Nc2cccc(CN(C)C(C)=O)c2)cc1F. The minimum atomic E-state index is -0.379. The molecule has 0 saturated carbocycles. The van der Waals surface area contributed by atoms with Crippen LogP contribution >= 0.6 is 0 Å². The molecule has 0 unspecified atom stereocenters. The lowest BCUT2D eigenvalue weighted by molar-refractivity contribution is -0.128. The molecule has 6 nitrogen and oxygen atoms in total. The number of rotatable bonds is 8. The Morgan fingerprint density at radius 2 is 1.76 bits per heavy atom. The van der Waals surface area contributed by atoms with Gasteiger partial charge in [0.05, 0.1) is 5.69 Å². The van der Waals surface area contributed by atoms with Gasteiger partial charge in [-0.15, -0.1) is 0 Å². The molecular formula is C22H29FN4O2. The van der Waals surface area contributed by atoms with E-state index in [-0.39, 0.29) is 24.3 Å². The molecule has 0 aliphatic heterocycles. The van der Waals surface area contributed by atoms with Gasteiger partial charge < -0.3 is 20.4 Å². The van der Waals surface area contributed by atoms with Crippen LogP contribution < -0.4 is 15.5 Å². The first-order valence-electron chi connectivity index (χ1n) is 9.72. The molecule has 2 N–H and O–H groups in total. The lowest BCUT2D eigenvalue weighted by atomic mass is 10.1. The van der Waals surface area contributed by atoms with Crippen LogP contribution in [0.2, 0.25) is 0 Å². The second-order valence-corrected chi connectivity index (χ2v) is 6.84. The Kier molecular flexibility index (Phi) is 8.00. The zero-order valence-corrected chi connectivity index (χ0v) is 17.5. The second-order valence-electron chi connectivity index (χ2n) is 6.84. The summed E-state index contributed by atoms with van der Waals surface area (Å²) in [6, 6.07) is 11.9. The topological polar surface area (TPSA) is 64.7 Å². The van der Waals surface area contributed by atoms with E-state index in [1.165, 1.54) is 13.0 Å². The molecule has 0 aliphatic rings. The Hall–Kier alpha value is -3.09. The largest absolute Gasteiger partial charge is 0.370 e. The fourth-order valence-electron chi connectivity index (χ4n) is 2.97. The van der Waals surface area contributed by atoms with Gasteiger partial charge in [0, 0.05) is 45.8 Å².